The van der Waals surface area contributed by atoms with Crippen LogP contribution in [0.4, 0.5) is 39.5 Å². The standard InChI is InChI=1S/C16H7F9S2/c1-6-9(14(17,18)19)10(15(20,21)22)11(16(23,24)25)13-12(6)26-7-4-2-3-5-8(7)27-13/h2-5H,1H3. The van der Waals surface area contributed by atoms with Gasteiger partial charge in [0.1, 0.15) is 0 Å². The van der Waals surface area contributed by atoms with Crippen molar-refractivity contribution in [2.45, 2.75) is 45.0 Å². The van der Waals surface area contributed by atoms with Crippen LogP contribution in [0.2, 0.25) is 0 Å². The number of halogens is 9. The number of alkyl halides is 9. The van der Waals surface area contributed by atoms with E-state index < -0.39 is 50.6 Å². The highest BCUT2D eigenvalue weighted by atomic mass is 32.2. The molecule has 1 aliphatic heterocycles. The van der Waals surface area contributed by atoms with Crippen LogP contribution < -0.4 is 0 Å². The second kappa shape index (κ2) is 6.26. The van der Waals surface area contributed by atoms with Crippen molar-refractivity contribution < 1.29 is 39.5 Å². The molecule has 1 aliphatic rings. The summed E-state index contributed by atoms with van der Waals surface area (Å²) >= 11 is 0.992. The first-order chi connectivity index (χ1) is 12.2. The maximum absolute atomic E-state index is 13.6. The highest BCUT2D eigenvalue weighted by Crippen LogP contribution is 2.59. The van der Waals surface area contributed by atoms with Gasteiger partial charge >= 0.3 is 18.5 Å². The predicted molar refractivity (Wildman–Crippen MR) is 80.9 cm³/mol. The molecule has 0 saturated carbocycles. The van der Waals surface area contributed by atoms with Gasteiger partial charge in [0.05, 0.1) is 16.7 Å². The van der Waals surface area contributed by atoms with Crippen molar-refractivity contribution >= 4 is 23.5 Å². The zero-order valence-electron chi connectivity index (χ0n) is 13.0. The smallest absolute Gasteiger partial charge is 0.166 e. The number of hydrogen-bond donors (Lipinski definition) is 0. The van der Waals surface area contributed by atoms with Gasteiger partial charge in [-0.05, 0) is 24.6 Å². The van der Waals surface area contributed by atoms with E-state index in [1.807, 2.05) is 0 Å². The lowest BCUT2D eigenvalue weighted by atomic mass is 9.94. The van der Waals surface area contributed by atoms with Crippen molar-refractivity contribution in [3.05, 3.63) is 46.5 Å². The number of fused-ring (bicyclic) bond motifs is 2. The SMILES string of the molecule is Cc1c2c(c(C(F)(F)F)c(C(F)(F)F)c1C(F)(F)F)Sc1ccccc1S2. The molecule has 0 spiro atoms. The molecule has 0 radical (unpaired) electrons. The molecule has 0 atom stereocenters. The average Bonchev–Trinajstić information content (AvgIpc) is 2.49. The topological polar surface area (TPSA) is 0 Å². The molecular weight excluding hydrogens is 427 g/mol. The van der Waals surface area contributed by atoms with Gasteiger partial charge in [-0.1, -0.05) is 35.7 Å². The maximum atomic E-state index is 13.6. The zero-order valence-corrected chi connectivity index (χ0v) is 14.7. The third-order valence-electron chi connectivity index (χ3n) is 3.77. The fourth-order valence-electron chi connectivity index (χ4n) is 2.79. The van der Waals surface area contributed by atoms with Crippen LogP contribution >= 0.6 is 23.5 Å². The highest BCUT2D eigenvalue weighted by Gasteiger charge is 2.53. The number of benzene rings is 2. The Balaban J connectivity index is 2.48. The van der Waals surface area contributed by atoms with Crippen molar-refractivity contribution in [3.8, 4) is 0 Å². The van der Waals surface area contributed by atoms with Gasteiger partial charge in [0.25, 0.3) is 0 Å². The molecule has 0 nitrogen and oxygen atoms in total. The molecule has 0 amide bonds. The Morgan fingerprint density at radius 3 is 1.41 bits per heavy atom. The van der Waals surface area contributed by atoms with Crippen LogP contribution in [0.5, 0.6) is 0 Å². The lowest BCUT2D eigenvalue weighted by Crippen LogP contribution is -2.26. The van der Waals surface area contributed by atoms with Gasteiger partial charge in [-0.2, -0.15) is 39.5 Å². The first-order valence-electron chi connectivity index (χ1n) is 7.09. The minimum atomic E-state index is -5.84. The Kier molecular flexibility index (Phi) is 4.70. The molecule has 0 bridgehead atoms. The second-order valence-corrected chi connectivity index (χ2v) is 7.66. The summed E-state index contributed by atoms with van der Waals surface area (Å²) in [7, 11) is 0. The lowest BCUT2D eigenvalue weighted by molar-refractivity contribution is -0.176. The molecule has 146 valence electrons. The molecule has 0 aromatic heterocycles. The van der Waals surface area contributed by atoms with E-state index in [1.165, 1.54) is 24.3 Å². The fraction of sp³-hybridized carbons (Fsp3) is 0.250. The molecule has 11 heteroatoms. The van der Waals surface area contributed by atoms with E-state index in [9.17, 15) is 39.5 Å². The minimum Gasteiger partial charge on any atom is -0.166 e. The van der Waals surface area contributed by atoms with E-state index in [0.717, 1.165) is 6.92 Å². The van der Waals surface area contributed by atoms with Crippen molar-refractivity contribution in [2.24, 2.45) is 0 Å². The molecule has 27 heavy (non-hydrogen) atoms. The molecule has 3 rings (SSSR count). The van der Waals surface area contributed by atoms with E-state index in [4.69, 9.17) is 0 Å². The molecule has 0 N–H and O–H groups in total. The number of rotatable bonds is 0. The Hall–Kier alpha value is -1.49. The first-order valence-corrected chi connectivity index (χ1v) is 8.73. The summed E-state index contributed by atoms with van der Waals surface area (Å²) in [6.07, 6.45) is -17.1. The molecular formula is C16H7F9S2. The van der Waals surface area contributed by atoms with Gasteiger partial charge in [0.15, 0.2) is 0 Å². The van der Waals surface area contributed by atoms with Crippen LogP contribution in [0.15, 0.2) is 43.8 Å². The Bertz CT molecular complexity index is 908. The van der Waals surface area contributed by atoms with Crippen LogP contribution in [0.25, 0.3) is 0 Å². The Morgan fingerprint density at radius 2 is 1.00 bits per heavy atom. The van der Waals surface area contributed by atoms with Crippen LogP contribution in [0.3, 0.4) is 0 Å². The van der Waals surface area contributed by atoms with Gasteiger partial charge in [-0.3, -0.25) is 0 Å². The van der Waals surface area contributed by atoms with Crippen LogP contribution in [-0.4, -0.2) is 0 Å². The molecule has 2 aromatic carbocycles. The third-order valence-corrected chi connectivity index (χ3v) is 6.51. The zero-order chi connectivity index (χ0) is 20.4. The summed E-state index contributed by atoms with van der Waals surface area (Å²) in [5, 5.41) is 0. The maximum Gasteiger partial charge on any atom is 0.418 e. The summed E-state index contributed by atoms with van der Waals surface area (Å²) in [6.45, 7) is 0.762. The van der Waals surface area contributed by atoms with Crippen LogP contribution in [0, 0.1) is 6.92 Å². The van der Waals surface area contributed by atoms with Crippen molar-refractivity contribution in [1.29, 1.82) is 0 Å². The molecule has 0 saturated heterocycles. The summed E-state index contributed by atoms with van der Waals surface area (Å²) in [6, 6.07) is 5.89. The summed E-state index contributed by atoms with van der Waals surface area (Å²) in [5.74, 6) is 0. The van der Waals surface area contributed by atoms with Crippen molar-refractivity contribution in [3.63, 3.8) is 0 Å². The Labute approximate surface area is 155 Å². The molecule has 0 aliphatic carbocycles. The Morgan fingerprint density at radius 1 is 0.593 bits per heavy atom. The summed E-state index contributed by atoms with van der Waals surface area (Å²) < 4.78 is 121. The van der Waals surface area contributed by atoms with Gasteiger partial charge in [0, 0.05) is 19.6 Å². The molecule has 0 unspecified atom stereocenters. The second-order valence-electron chi connectivity index (χ2n) is 5.55. The quantitative estimate of drug-likeness (QED) is 0.333. The number of hydrogen-bond acceptors (Lipinski definition) is 2. The average molecular weight is 434 g/mol. The van der Waals surface area contributed by atoms with E-state index in [-0.39, 0.29) is 4.90 Å². The van der Waals surface area contributed by atoms with Gasteiger partial charge < -0.3 is 0 Å². The van der Waals surface area contributed by atoms with Crippen molar-refractivity contribution in [1.82, 2.24) is 0 Å². The normalized spacial score (nSPS) is 14.7. The summed E-state index contributed by atoms with van der Waals surface area (Å²) in [4.78, 5) is -0.706. The van der Waals surface area contributed by atoms with Crippen LogP contribution in [0.1, 0.15) is 22.3 Å². The third kappa shape index (κ3) is 3.51. The highest BCUT2D eigenvalue weighted by molar-refractivity contribution is 8.05. The lowest BCUT2D eigenvalue weighted by Gasteiger charge is -2.30. The molecule has 1 heterocycles. The molecule has 0 fully saturated rings. The van der Waals surface area contributed by atoms with E-state index in [2.05, 4.69) is 0 Å². The monoisotopic (exact) mass is 434 g/mol. The predicted octanol–water partition coefficient (Wildman–Crippen LogP) is 7.67. The van der Waals surface area contributed by atoms with E-state index in [1.54, 1.807) is 0 Å². The first kappa shape index (κ1) is 20.2. The van der Waals surface area contributed by atoms with E-state index in [0.29, 0.717) is 28.4 Å². The van der Waals surface area contributed by atoms with Crippen LogP contribution in [-0.2, 0) is 18.5 Å². The fourth-order valence-corrected chi connectivity index (χ4v) is 5.38. The van der Waals surface area contributed by atoms with Crippen molar-refractivity contribution in [2.75, 3.05) is 0 Å². The van der Waals surface area contributed by atoms with Gasteiger partial charge in [-0.15, -0.1) is 0 Å². The largest absolute Gasteiger partial charge is 0.418 e. The van der Waals surface area contributed by atoms with Gasteiger partial charge in [0.2, 0.25) is 0 Å². The summed E-state index contributed by atoms with van der Waals surface area (Å²) in [5.41, 5.74) is -8.15. The molecule has 2 aromatic rings. The van der Waals surface area contributed by atoms with E-state index >= 15 is 0 Å². The van der Waals surface area contributed by atoms with Gasteiger partial charge in [-0.25, -0.2) is 0 Å². The minimum absolute atomic E-state index is 0.243.